The number of hydrogen-bond donors (Lipinski definition) is 0. The van der Waals surface area contributed by atoms with Gasteiger partial charge in [0.2, 0.25) is 5.82 Å². The first-order valence-electron chi connectivity index (χ1n) is 5.39. The van der Waals surface area contributed by atoms with Crippen LogP contribution in [-0.2, 0) is 4.74 Å². The van der Waals surface area contributed by atoms with Gasteiger partial charge in [0.1, 0.15) is 0 Å². The lowest BCUT2D eigenvalue weighted by molar-refractivity contribution is 0.0470. The summed E-state index contributed by atoms with van der Waals surface area (Å²) < 4.78 is 10.5. The third-order valence-electron chi connectivity index (χ3n) is 2.24. The zero-order valence-corrected chi connectivity index (χ0v) is 11.5. The van der Waals surface area contributed by atoms with E-state index < -0.39 is 5.97 Å². The largest absolute Gasteiger partial charge is 0.459 e. The van der Waals surface area contributed by atoms with Crippen molar-refractivity contribution in [1.82, 2.24) is 10.1 Å². The van der Waals surface area contributed by atoms with Gasteiger partial charge in [-0.25, -0.2) is 4.79 Å². The average Bonchev–Trinajstić information content (AvgIpc) is 2.78. The van der Waals surface area contributed by atoms with Crippen LogP contribution in [0.15, 0.2) is 27.2 Å². The van der Waals surface area contributed by atoms with Crippen LogP contribution in [0.3, 0.4) is 0 Å². The Morgan fingerprint density at radius 1 is 1.50 bits per heavy atom. The molecule has 0 aliphatic rings. The van der Waals surface area contributed by atoms with Gasteiger partial charge in [-0.05, 0) is 31.5 Å². The lowest BCUT2D eigenvalue weighted by Crippen LogP contribution is -2.04. The minimum Gasteiger partial charge on any atom is -0.459 e. The molecule has 0 radical (unpaired) electrons. The number of carbonyl (C=O) groups is 1. The minimum atomic E-state index is -0.612. The number of aromatic nitrogens is 2. The lowest BCUT2D eigenvalue weighted by Gasteiger charge is -1.99. The van der Waals surface area contributed by atoms with Gasteiger partial charge in [-0.1, -0.05) is 27.2 Å². The van der Waals surface area contributed by atoms with Crippen molar-refractivity contribution >= 4 is 21.9 Å². The Kier molecular flexibility index (Phi) is 3.76. The van der Waals surface area contributed by atoms with Crippen molar-refractivity contribution < 1.29 is 14.1 Å². The molecule has 0 fully saturated rings. The number of hydrogen-bond acceptors (Lipinski definition) is 5. The summed E-state index contributed by atoms with van der Waals surface area (Å²) in [6, 6.07) is 5.73. The van der Waals surface area contributed by atoms with Crippen molar-refractivity contribution in [2.75, 3.05) is 6.61 Å². The average molecular weight is 311 g/mol. The molecule has 0 atom stereocenters. The van der Waals surface area contributed by atoms with Crippen LogP contribution in [0.4, 0.5) is 0 Å². The van der Waals surface area contributed by atoms with Crippen LogP contribution in [0.5, 0.6) is 0 Å². The standard InChI is InChI=1S/C12H11BrN2O3/c1-3-17-12(16)11-14-10(15-18-11)8-5-4-7(2)6-9(8)13/h4-6H,3H2,1-2H3. The number of benzene rings is 1. The Labute approximate surface area is 112 Å². The Bertz CT molecular complexity index is 580. The molecule has 0 saturated carbocycles. The first kappa shape index (κ1) is 12.8. The highest BCUT2D eigenvalue weighted by Crippen LogP contribution is 2.26. The highest BCUT2D eigenvalue weighted by molar-refractivity contribution is 9.10. The molecule has 6 heteroatoms. The molecule has 0 N–H and O–H groups in total. The van der Waals surface area contributed by atoms with Crippen LogP contribution >= 0.6 is 15.9 Å². The van der Waals surface area contributed by atoms with Gasteiger partial charge in [-0.2, -0.15) is 4.98 Å². The van der Waals surface area contributed by atoms with E-state index in [-0.39, 0.29) is 12.5 Å². The monoisotopic (exact) mass is 310 g/mol. The molecule has 0 amide bonds. The topological polar surface area (TPSA) is 65.2 Å². The third-order valence-corrected chi connectivity index (χ3v) is 2.90. The summed E-state index contributed by atoms with van der Waals surface area (Å²) in [5.74, 6) is -0.399. The number of aryl methyl sites for hydroxylation is 1. The van der Waals surface area contributed by atoms with E-state index in [1.165, 1.54) is 0 Å². The summed E-state index contributed by atoms with van der Waals surface area (Å²) in [5, 5.41) is 3.76. The van der Waals surface area contributed by atoms with Gasteiger partial charge in [0, 0.05) is 10.0 Å². The fourth-order valence-corrected chi connectivity index (χ4v) is 2.08. The van der Waals surface area contributed by atoms with Gasteiger partial charge in [-0.15, -0.1) is 0 Å². The molecule has 5 nitrogen and oxygen atoms in total. The van der Waals surface area contributed by atoms with Crippen molar-refractivity contribution in [2.45, 2.75) is 13.8 Å². The lowest BCUT2D eigenvalue weighted by atomic mass is 10.1. The molecule has 1 aromatic carbocycles. The quantitative estimate of drug-likeness (QED) is 0.815. The van der Waals surface area contributed by atoms with Crippen molar-refractivity contribution in [2.24, 2.45) is 0 Å². The molecule has 2 rings (SSSR count). The van der Waals surface area contributed by atoms with Crippen molar-refractivity contribution in [1.29, 1.82) is 0 Å². The van der Waals surface area contributed by atoms with E-state index in [9.17, 15) is 4.79 Å². The fourth-order valence-electron chi connectivity index (χ4n) is 1.41. The summed E-state index contributed by atoms with van der Waals surface area (Å²) in [7, 11) is 0. The Hall–Kier alpha value is -1.69. The Balaban J connectivity index is 2.32. The summed E-state index contributed by atoms with van der Waals surface area (Å²) in [4.78, 5) is 15.4. The van der Waals surface area contributed by atoms with E-state index in [1.54, 1.807) is 6.92 Å². The number of rotatable bonds is 3. The number of halogens is 1. The fraction of sp³-hybridized carbons (Fsp3) is 0.250. The summed E-state index contributed by atoms with van der Waals surface area (Å²) in [6.07, 6.45) is 0. The van der Waals surface area contributed by atoms with Gasteiger partial charge in [-0.3, -0.25) is 0 Å². The summed E-state index contributed by atoms with van der Waals surface area (Å²) >= 11 is 3.42. The predicted molar refractivity (Wildman–Crippen MR) is 68.1 cm³/mol. The molecule has 94 valence electrons. The van der Waals surface area contributed by atoms with E-state index in [4.69, 9.17) is 9.26 Å². The first-order chi connectivity index (χ1) is 8.61. The Morgan fingerprint density at radius 2 is 2.28 bits per heavy atom. The second kappa shape index (κ2) is 5.30. The van der Waals surface area contributed by atoms with Crippen LogP contribution in [-0.4, -0.2) is 22.7 Å². The first-order valence-corrected chi connectivity index (χ1v) is 6.18. The minimum absolute atomic E-state index is 0.140. The molecule has 0 aliphatic carbocycles. The molecule has 0 spiro atoms. The third kappa shape index (κ3) is 2.59. The second-order valence-electron chi connectivity index (χ2n) is 3.63. The zero-order valence-electron chi connectivity index (χ0n) is 9.94. The van der Waals surface area contributed by atoms with E-state index in [2.05, 4.69) is 26.1 Å². The molecule has 0 bridgehead atoms. The summed E-state index contributed by atoms with van der Waals surface area (Å²) in [5.41, 5.74) is 1.87. The van der Waals surface area contributed by atoms with Gasteiger partial charge in [0.15, 0.2) is 0 Å². The van der Waals surface area contributed by atoms with Crippen LogP contribution in [0.25, 0.3) is 11.4 Å². The maximum atomic E-state index is 11.4. The van der Waals surface area contributed by atoms with E-state index >= 15 is 0 Å². The van der Waals surface area contributed by atoms with Crippen molar-refractivity contribution in [3.63, 3.8) is 0 Å². The zero-order chi connectivity index (χ0) is 13.1. The number of nitrogens with zero attached hydrogens (tertiary/aromatic N) is 2. The van der Waals surface area contributed by atoms with Gasteiger partial charge in [0.25, 0.3) is 0 Å². The molecule has 0 aliphatic heterocycles. The van der Waals surface area contributed by atoms with Gasteiger partial charge >= 0.3 is 11.9 Å². The number of esters is 1. The van der Waals surface area contributed by atoms with Crippen LogP contribution in [0.2, 0.25) is 0 Å². The molecule has 1 heterocycles. The SMILES string of the molecule is CCOC(=O)c1nc(-c2ccc(C)cc2Br)no1. The van der Waals surface area contributed by atoms with Crippen LogP contribution < -0.4 is 0 Å². The number of carbonyl (C=O) groups excluding carboxylic acids is 1. The molecular weight excluding hydrogens is 300 g/mol. The molecule has 0 unspecified atom stereocenters. The van der Waals surface area contributed by atoms with E-state index in [1.807, 2.05) is 25.1 Å². The number of ether oxygens (including phenoxy) is 1. The predicted octanol–water partition coefficient (Wildman–Crippen LogP) is 2.98. The molecule has 1 aromatic heterocycles. The molecule has 18 heavy (non-hydrogen) atoms. The normalized spacial score (nSPS) is 10.4. The van der Waals surface area contributed by atoms with Crippen LogP contribution in [0.1, 0.15) is 23.2 Å². The van der Waals surface area contributed by atoms with Crippen molar-refractivity contribution in [3.05, 3.63) is 34.1 Å². The smallest absolute Gasteiger partial charge is 0.397 e. The second-order valence-corrected chi connectivity index (χ2v) is 4.48. The van der Waals surface area contributed by atoms with E-state index in [0.29, 0.717) is 5.82 Å². The van der Waals surface area contributed by atoms with Crippen molar-refractivity contribution in [3.8, 4) is 11.4 Å². The molecule has 0 saturated heterocycles. The maximum absolute atomic E-state index is 11.4. The highest BCUT2D eigenvalue weighted by Gasteiger charge is 2.18. The molecular formula is C12H11BrN2O3. The van der Waals surface area contributed by atoms with Gasteiger partial charge in [0.05, 0.1) is 6.61 Å². The van der Waals surface area contributed by atoms with Crippen LogP contribution in [0, 0.1) is 6.92 Å². The van der Waals surface area contributed by atoms with E-state index in [0.717, 1.165) is 15.6 Å². The summed E-state index contributed by atoms with van der Waals surface area (Å²) in [6.45, 7) is 3.96. The molecule has 2 aromatic rings. The Morgan fingerprint density at radius 3 is 2.94 bits per heavy atom. The maximum Gasteiger partial charge on any atom is 0.397 e. The van der Waals surface area contributed by atoms with Gasteiger partial charge < -0.3 is 9.26 Å². The highest BCUT2D eigenvalue weighted by atomic mass is 79.9.